The molecule has 7 heteroatoms. The zero-order valence-electron chi connectivity index (χ0n) is 14.4. The molecule has 0 radical (unpaired) electrons. The highest BCUT2D eigenvalue weighted by molar-refractivity contribution is 6.17. The summed E-state index contributed by atoms with van der Waals surface area (Å²) in [5, 5.41) is 31.5. The first kappa shape index (κ1) is 17.3. The third-order valence-corrected chi connectivity index (χ3v) is 4.52. The van der Waals surface area contributed by atoms with Crippen LogP contribution in [-0.2, 0) is 0 Å². The molecule has 4 aromatic rings. The molecule has 0 aliphatic carbocycles. The van der Waals surface area contributed by atoms with Crippen LogP contribution in [0.3, 0.4) is 0 Å². The topological polar surface area (TPSA) is 116 Å². The van der Waals surface area contributed by atoms with Gasteiger partial charge in [-0.25, -0.2) is 0 Å². The quantitative estimate of drug-likeness (QED) is 0.212. The van der Waals surface area contributed by atoms with Crippen molar-refractivity contribution >= 4 is 22.4 Å². The fraction of sp³-hybridized carbons (Fsp3) is 0. The Morgan fingerprint density at radius 1 is 0.964 bits per heavy atom. The number of phenolic OH excluding ortho intramolecular Hbond substituents is 2. The lowest BCUT2D eigenvalue weighted by molar-refractivity contribution is -0.386. The third kappa shape index (κ3) is 2.75. The van der Waals surface area contributed by atoms with Crippen LogP contribution in [0, 0.1) is 10.1 Å². The van der Waals surface area contributed by atoms with Gasteiger partial charge in [-0.15, -0.1) is 0 Å². The SMILES string of the molecule is O=C(c1cc(O)c(O)c([N+](=O)[O-])c1)c1[nH]c2ccccc2c1-c1ccccc1. The molecule has 0 spiro atoms. The van der Waals surface area contributed by atoms with Crippen LogP contribution in [0.5, 0.6) is 11.5 Å². The fourth-order valence-corrected chi connectivity index (χ4v) is 3.24. The van der Waals surface area contributed by atoms with Gasteiger partial charge >= 0.3 is 5.69 Å². The van der Waals surface area contributed by atoms with Gasteiger partial charge in [0, 0.05) is 28.1 Å². The van der Waals surface area contributed by atoms with Gasteiger partial charge in [0.25, 0.3) is 0 Å². The highest BCUT2D eigenvalue weighted by atomic mass is 16.6. The van der Waals surface area contributed by atoms with E-state index in [2.05, 4.69) is 4.98 Å². The van der Waals surface area contributed by atoms with Crippen molar-refractivity contribution in [3.8, 4) is 22.6 Å². The summed E-state index contributed by atoms with van der Waals surface area (Å²) < 4.78 is 0. The highest BCUT2D eigenvalue weighted by Crippen LogP contribution is 2.38. The van der Waals surface area contributed by atoms with Crippen LogP contribution in [-0.4, -0.2) is 25.9 Å². The molecule has 0 aliphatic heterocycles. The Kier molecular flexibility index (Phi) is 4.04. The number of carbonyl (C=O) groups excluding carboxylic acids is 1. The van der Waals surface area contributed by atoms with Gasteiger partial charge in [0.15, 0.2) is 5.75 Å². The second-order valence-electron chi connectivity index (χ2n) is 6.24. The average molecular weight is 374 g/mol. The number of hydrogen-bond acceptors (Lipinski definition) is 5. The molecule has 4 rings (SSSR count). The van der Waals surface area contributed by atoms with Gasteiger partial charge in [-0.05, 0) is 17.7 Å². The summed E-state index contributed by atoms with van der Waals surface area (Å²) >= 11 is 0. The van der Waals surface area contributed by atoms with E-state index in [1.165, 1.54) is 0 Å². The van der Waals surface area contributed by atoms with Crippen molar-refractivity contribution in [2.24, 2.45) is 0 Å². The summed E-state index contributed by atoms with van der Waals surface area (Å²) in [6, 6.07) is 18.7. The minimum Gasteiger partial charge on any atom is -0.504 e. The number of phenols is 2. The Balaban J connectivity index is 1.95. The summed E-state index contributed by atoms with van der Waals surface area (Å²) in [5.74, 6) is -2.13. The molecule has 3 aromatic carbocycles. The lowest BCUT2D eigenvalue weighted by Crippen LogP contribution is -2.04. The monoisotopic (exact) mass is 374 g/mol. The van der Waals surface area contributed by atoms with Crippen LogP contribution in [0.25, 0.3) is 22.0 Å². The van der Waals surface area contributed by atoms with Gasteiger partial charge in [0.2, 0.25) is 11.5 Å². The number of aromatic nitrogens is 1. The zero-order chi connectivity index (χ0) is 19.8. The number of aromatic amines is 1. The fourth-order valence-electron chi connectivity index (χ4n) is 3.24. The van der Waals surface area contributed by atoms with E-state index in [4.69, 9.17) is 0 Å². The summed E-state index contributed by atoms with van der Waals surface area (Å²) in [7, 11) is 0. The van der Waals surface area contributed by atoms with E-state index in [-0.39, 0.29) is 11.3 Å². The van der Waals surface area contributed by atoms with Gasteiger partial charge < -0.3 is 15.2 Å². The second kappa shape index (κ2) is 6.55. The molecule has 28 heavy (non-hydrogen) atoms. The van der Waals surface area contributed by atoms with Crippen LogP contribution >= 0.6 is 0 Å². The number of benzene rings is 3. The van der Waals surface area contributed by atoms with Gasteiger partial charge in [-0.3, -0.25) is 14.9 Å². The molecule has 0 unspecified atom stereocenters. The number of nitrogens with zero attached hydrogens (tertiary/aromatic N) is 1. The number of nitro groups is 1. The van der Waals surface area contributed by atoms with Crippen molar-refractivity contribution < 1.29 is 19.9 Å². The molecular formula is C21H14N2O5. The number of carbonyl (C=O) groups is 1. The zero-order valence-corrected chi connectivity index (χ0v) is 14.4. The Morgan fingerprint density at radius 3 is 2.36 bits per heavy atom. The molecular weight excluding hydrogens is 360 g/mol. The smallest absolute Gasteiger partial charge is 0.315 e. The first-order valence-electron chi connectivity index (χ1n) is 8.38. The summed E-state index contributed by atoms with van der Waals surface area (Å²) in [6.07, 6.45) is 0. The maximum absolute atomic E-state index is 13.2. The number of nitro benzene ring substituents is 1. The van der Waals surface area contributed by atoms with E-state index in [9.17, 15) is 25.1 Å². The minimum absolute atomic E-state index is 0.106. The number of hydrogen-bond donors (Lipinski definition) is 3. The number of aromatic hydroxyl groups is 2. The van der Waals surface area contributed by atoms with Crippen molar-refractivity contribution in [3.05, 3.63) is 88.1 Å². The number of H-pyrrole nitrogens is 1. The average Bonchev–Trinajstić information content (AvgIpc) is 3.09. The van der Waals surface area contributed by atoms with Crippen LogP contribution in [0.15, 0.2) is 66.7 Å². The van der Waals surface area contributed by atoms with Crippen molar-refractivity contribution in [3.63, 3.8) is 0 Å². The molecule has 0 amide bonds. The maximum Gasteiger partial charge on any atom is 0.315 e. The predicted octanol–water partition coefficient (Wildman–Crippen LogP) is 4.39. The number of rotatable bonds is 4. The van der Waals surface area contributed by atoms with E-state index in [0.29, 0.717) is 5.56 Å². The predicted molar refractivity (Wildman–Crippen MR) is 104 cm³/mol. The maximum atomic E-state index is 13.2. The summed E-state index contributed by atoms with van der Waals surface area (Å²) in [5.41, 5.74) is 1.61. The molecule has 1 heterocycles. The highest BCUT2D eigenvalue weighted by Gasteiger charge is 2.25. The molecule has 0 saturated heterocycles. The lowest BCUT2D eigenvalue weighted by Gasteiger charge is -2.07. The van der Waals surface area contributed by atoms with Crippen LogP contribution < -0.4 is 0 Å². The van der Waals surface area contributed by atoms with Crippen LogP contribution in [0.4, 0.5) is 5.69 Å². The molecule has 0 aliphatic rings. The van der Waals surface area contributed by atoms with E-state index in [1.54, 1.807) is 0 Å². The summed E-state index contributed by atoms with van der Waals surface area (Å²) in [4.78, 5) is 26.6. The Bertz CT molecular complexity index is 1230. The van der Waals surface area contributed by atoms with Crippen molar-refractivity contribution in [1.82, 2.24) is 4.98 Å². The molecule has 3 N–H and O–H groups in total. The molecule has 0 fully saturated rings. The van der Waals surface area contributed by atoms with Crippen molar-refractivity contribution in [2.75, 3.05) is 0 Å². The van der Waals surface area contributed by atoms with Crippen LogP contribution in [0.1, 0.15) is 16.1 Å². The van der Waals surface area contributed by atoms with Gasteiger partial charge in [0.1, 0.15) is 0 Å². The van der Waals surface area contributed by atoms with Gasteiger partial charge in [-0.1, -0.05) is 48.5 Å². The molecule has 138 valence electrons. The Hall–Kier alpha value is -4.13. The minimum atomic E-state index is -0.874. The molecule has 0 saturated carbocycles. The number of fused-ring (bicyclic) bond motifs is 1. The first-order chi connectivity index (χ1) is 13.5. The Labute approximate surface area is 158 Å². The number of ketones is 1. The largest absolute Gasteiger partial charge is 0.504 e. The first-order valence-corrected chi connectivity index (χ1v) is 8.38. The number of para-hydroxylation sites is 1. The summed E-state index contributed by atoms with van der Waals surface area (Å²) in [6.45, 7) is 0. The Morgan fingerprint density at radius 2 is 1.64 bits per heavy atom. The van der Waals surface area contributed by atoms with Crippen molar-refractivity contribution in [2.45, 2.75) is 0 Å². The number of nitrogens with one attached hydrogen (secondary N) is 1. The molecule has 0 atom stereocenters. The van der Waals surface area contributed by atoms with Crippen LogP contribution in [0.2, 0.25) is 0 Å². The third-order valence-electron chi connectivity index (χ3n) is 4.52. The standard InChI is InChI=1S/C21H14N2O5/c24-17-11-13(10-16(21(17)26)23(27)28)20(25)19-18(12-6-2-1-3-7-12)14-8-4-5-9-15(14)22-19/h1-11,22,24,26H. The van der Waals surface area contributed by atoms with E-state index in [1.807, 2.05) is 54.6 Å². The van der Waals surface area contributed by atoms with E-state index in [0.717, 1.165) is 28.6 Å². The lowest BCUT2D eigenvalue weighted by atomic mass is 9.97. The second-order valence-corrected chi connectivity index (χ2v) is 6.24. The molecule has 7 nitrogen and oxygen atoms in total. The molecule has 1 aromatic heterocycles. The van der Waals surface area contributed by atoms with Gasteiger partial charge in [-0.2, -0.15) is 0 Å². The molecule has 0 bridgehead atoms. The van der Waals surface area contributed by atoms with Gasteiger partial charge in [0.05, 0.1) is 10.6 Å². The van der Waals surface area contributed by atoms with Crippen molar-refractivity contribution in [1.29, 1.82) is 0 Å². The van der Waals surface area contributed by atoms with E-state index < -0.39 is 27.9 Å². The van der Waals surface area contributed by atoms with E-state index >= 15 is 0 Å². The normalized spacial score (nSPS) is 10.9.